The molecular weight excluding hydrogens is 216 g/mol. The second-order valence-corrected chi connectivity index (χ2v) is 3.63. The Morgan fingerprint density at radius 2 is 1.94 bits per heavy atom. The first kappa shape index (κ1) is 11.3. The number of benzene rings is 1. The van der Waals surface area contributed by atoms with E-state index in [0.717, 1.165) is 5.69 Å². The van der Waals surface area contributed by atoms with E-state index in [2.05, 4.69) is 4.98 Å². The maximum Gasteiger partial charge on any atom is 0.219 e. The minimum atomic E-state index is 0.522. The molecule has 1 aromatic heterocycles. The fourth-order valence-electron chi connectivity index (χ4n) is 1.46. The Kier molecular flexibility index (Phi) is 3.14. The molecule has 4 heteroatoms. The van der Waals surface area contributed by atoms with Gasteiger partial charge in [0.1, 0.15) is 0 Å². The Bertz CT molecular complexity index is 527. The van der Waals surface area contributed by atoms with Gasteiger partial charge in [-0.05, 0) is 25.1 Å². The predicted octanol–water partition coefficient (Wildman–Crippen LogP) is 2.77. The Balaban J connectivity index is 2.32. The number of nitrogen functional groups attached to an aromatic ring is 1. The summed E-state index contributed by atoms with van der Waals surface area (Å²) in [6.07, 6.45) is 0. The minimum absolute atomic E-state index is 0.522. The number of aryl methyl sites for hydroxylation is 1. The Morgan fingerprint density at radius 1 is 1.12 bits per heavy atom. The van der Waals surface area contributed by atoms with Gasteiger partial charge in [0.15, 0.2) is 11.5 Å². The zero-order valence-corrected chi connectivity index (χ0v) is 9.81. The van der Waals surface area contributed by atoms with E-state index in [-0.39, 0.29) is 0 Å². The summed E-state index contributed by atoms with van der Waals surface area (Å²) in [5.41, 5.74) is 7.22. The number of nitrogens with two attached hydrogens (primary N) is 1. The molecule has 0 aliphatic heterocycles. The summed E-state index contributed by atoms with van der Waals surface area (Å²) in [6, 6.07) is 10.8. The number of nitrogens with zero attached hydrogens (tertiary/aromatic N) is 1. The van der Waals surface area contributed by atoms with Gasteiger partial charge in [0, 0.05) is 23.5 Å². The van der Waals surface area contributed by atoms with Crippen LogP contribution >= 0.6 is 0 Å². The normalized spacial score (nSPS) is 10.0. The van der Waals surface area contributed by atoms with Crippen LogP contribution in [0.4, 0.5) is 5.69 Å². The average molecular weight is 230 g/mol. The van der Waals surface area contributed by atoms with E-state index in [4.69, 9.17) is 15.2 Å². The number of anilines is 1. The SMILES string of the molecule is COc1ccc(N)cc1Oc1cccc(C)n1. The van der Waals surface area contributed by atoms with E-state index in [1.54, 1.807) is 31.4 Å². The summed E-state index contributed by atoms with van der Waals surface area (Å²) in [7, 11) is 1.59. The van der Waals surface area contributed by atoms with Crippen molar-refractivity contribution in [2.75, 3.05) is 12.8 Å². The summed E-state index contributed by atoms with van der Waals surface area (Å²) in [4.78, 5) is 4.25. The summed E-state index contributed by atoms with van der Waals surface area (Å²) >= 11 is 0. The summed E-state index contributed by atoms with van der Waals surface area (Å²) < 4.78 is 10.8. The molecule has 17 heavy (non-hydrogen) atoms. The molecule has 0 spiro atoms. The topological polar surface area (TPSA) is 57.4 Å². The molecule has 0 amide bonds. The van der Waals surface area contributed by atoms with Crippen LogP contribution in [0.5, 0.6) is 17.4 Å². The Hall–Kier alpha value is -2.23. The minimum Gasteiger partial charge on any atom is -0.493 e. The van der Waals surface area contributed by atoms with Gasteiger partial charge >= 0.3 is 0 Å². The predicted molar refractivity (Wildman–Crippen MR) is 66.5 cm³/mol. The molecule has 1 heterocycles. The van der Waals surface area contributed by atoms with Gasteiger partial charge in [-0.2, -0.15) is 0 Å². The highest BCUT2D eigenvalue weighted by Gasteiger charge is 2.06. The maximum absolute atomic E-state index is 5.71. The first-order valence-corrected chi connectivity index (χ1v) is 5.24. The van der Waals surface area contributed by atoms with Crippen molar-refractivity contribution in [1.29, 1.82) is 0 Å². The standard InChI is InChI=1S/C13H14N2O2/c1-9-4-3-5-13(15-9)17-12-8-10(14)6-7-11(12)16-2/h3-8H,14H2,1-2H3. The molecular formula is C13H14N2O2. The van der Waals surface area contributed by atoms with Crippen LogP contribution in [-0.2, 0) is 0 Å². The number of methoxy groups -OCH3 is 1. The fourth-order valence-corrected chi connectivity index (χ4v) is 1.46. The highest BCUT2D eigenvalue weighted by Crippen LogP contribution is 2.32. The lowest BCUT2D eigenvalue weighted by Crippen LogP contribution is -1.94. The third kappa shape index (κ3) is 2.66. The molecule has 0 unspecified atom stereocenters. The first-order valence-electron chi connectivity index (χ1n) is 5.24. The van der Waals surface area contributed by atoms with Gasteiger partial charge < -0.3 is 15.2 Å². The van der Waals surface area contributed by atoms with Gasteiger partial charge in [0.25, 0.3) is 0 Å². The average Bonchev–Trinajstić information content (AvgIpc) is 2.29. The lowest BCUT2D eigenvalue weighted by Gasteiger charge is -2.10. The molecule has 2 rings (SSSR count). The quantitative estimate of drug-likeness (QED) is 0.824. The van der Waals surface area contributed by atoms with Gasteiger partial charge in [-0.25, -0.2) is 4.98 Å². The van der Waals surface area contributed by atoms with Crippen molar-refractivity contribution >= 4 is 5.69 Å². The third-order valence-electron chi connectivity index (χ3n) is 2.26. The van der Waals surface area contributed by atoms with Gasteiger partial charge in [-0.1, -0.05) is 6.07 Å². The fraction of sp³-hybridized carbons (Fsp3) is 0.154. The highest BCUT2D eigenvalue weighted by molar-refractivity contribution is 5.52. The van der Waals surface area contributed by atoms with Crippen molar-refractivity contribution < 1.29 is 9.47 Å². The molecule has 0 saturated heterocycles. The van der Waals surface area contributed by atoms with Crippen LogP contribution in [0.1, 0.15) is 5.69 Å². The summed E-state index contributed by atoms with van der Waals surface area (Å²) in [6.45, 7) is 1.91. The van der Waals surface area contributed by atoms with E-state index in [9.17, 15) is 0 Å². The zero-order valence-electron chi connectivity index (χ0n) is 9.81. The van der Waals surface area contributed by atoms with Crippen LogP contribution in [0, 0.1) is 6.92 Å². The Morgan fingerprint density at radius 3 is 2.65 bits per heavy atom. The monoisotopic (exact) mass is 230 g/mol. The Labute approximate surface area is 100 Å². The molecule has 2 aromatic rings. The number of hydrogen-bond acceptors (Lipinski definition) is 4. The molecule has 0 fully saturated rings. The van der Waals surface area contributed by atoms with Gasteiger partial charge in [0.2, 0.25) is 5.88 Å². The maximum atomic E-state index is 5.71. The first-order chi connectivity index (χ1) is 8.19. The second-order valence-electron chi connectivity index (χ2n) is 3.63. The van der Waals surface area contributed by atoms with E-state index >= 15 is 0 Å². The van der Waals surface area contributed by atoms with Crippen molar-refractivity contribution in [3.05, 3.63) is 42.1 Å². The van der Waals surface area contributed by atoms with E-state index in [1.165, 1.54) is 0 Å². The van der Waals surface area contributed by atoms with Crippen LogP contribution in [0.15, 0.2) is 36.4 Å². The summed E-state index contributed by atoms with van der Waals surface area (Å²) in [5.74, 6) is 1.71. The van der Waals surface area contributed by atoms with Crippen LogP contribution in [0.3, 0.4) is 0 Å². The molecule has 0 aliphatic rings. The van der Waals surface area contributed by atoms with Crippen molar-refractivity contribution in [2.24, 2.45) is 0 Å². The van der Waals surface area contributed by atoms with Gasteiger partial charge in [-0.3, -0.25) is 0 Å². The van der Waals surface area contributed by atoms with Crippen LogP contribution < -0.4 is 15.2 Å². The molecule has 1 aromatic carbocycles. The van der Waals surface area contributed by atoms with Gasteiger partial charge in [-0.15, -0.1) is 0 Å². The molecule has 0 saturated carbocycles. The molecule has 88 valence electrons. The molecule has 0 bridgehead atoms. The lowest BCUT2D eigenvalue weighted by atomic mass is 10.3. The largest absolute Gasteiger partial charge is 0.493 e. The van der Waals surface area contributed by atoms with Crippen molar-refractivity contribution in [3.8, 4) is 17.4 Å². The molecule has 0 atom stereocenters. The molecule has 4 nitrogen and oxygen atoms in total. The molecule has 0 aliphatic carbocycles. The lowest BCUT2D eigenvalue weighted by molar-refractivity contribution is 0.374. The van der Waals surface area contributed by atoms with E-state index < -0.39 is 0 Å². The second kappa shape index (κ2) is 4.74. The highest BCUT2D eigenvalue weighted by atomic mass is 16.5. The number of rotatable bonds is 3. The van der Waals surface area contributed by atoms with Gasteiger partial charge in [0.05, 0.1) is 7.11 Å². The smallest absolute Gasteiger partial charge is 0.219 e. The molecule has 2 N–H and O–H groups in total. The van der Waals surface area contributed by atoms with Crippen LogP contribution in [-0.4, -0.2) is 12.1 Å². The van der Waals surface area contributed by atoms with Crippen LogP contribution in [0.2, 0.25) is 0 Å². The van der Waals surface area contributed by atoms with E-state index in [0.29, 0.717) is 23.1 Å². The van der Waals surface area contributed by atoms with Crippen molar-refractivity contribution in [3.63, 3.8) is 0 Å². The number of pyridine rings is 1. The number of aromatic nitrogens is 1. The van der Waals surface area contributed by atoms with Crippen molar-refractivity contribution in [1.82, 2.24) is 4.98 Å². The number of ether oxygens (including phenoxy) is 2. The number of hydrogen-bond donors (Lipinski definition) is 1. The molecule has 0 radical (unpaired) electrons. The van der Waals surface area contributed by atoms with E-state index in [1.807, 2.05) is 19.1 Å². The van der Waals surface area contributed by atoms with Crippen molar-refractivity contribution in [2.45, 2.75) is 6.92 Å². The zero-order chi connectivity index (χ0) is 12.3. The summed E-state index contributed by atoms with van der Waals surface area (Å²) in [5, 5.41) is 0. The third-order valence-corrected chi connectivity index (χ3v) is 2.26. The van der Waals surface area contributed by atoms with Crippen LogP contribution in [0.25, 0.3) is 0 Å².